The molecule has 2 atom stereocenters. The molecule has 0 aliphatic carbocycles. The van der Waals surface area contributed by atoms with Gasteiger partial charge in [-0.2, -0.15) is 16.3 Å². The molecule has 0 aliphatic heterocycles. The van der Waals surface area contributed by atoms with Crippen LogP contribution in [0.4, 0.5) is 0 Å². The van der Waals surface area contributed by atoms with E-state index < -0.39 is 30.2 Å². The van der Waals surface area contributed by atoms with Crippen LogP contribution in [0.1, 0.15) is 13.3 Å². The minimum atomic E-state index is -1.17. The van der Waals surface area contributed by atoms with Crippen LogP contribution in [-0.4, -0.2) is 89.9 Å². The summed E-state index contributed by atoms with van der Waals surface area (Å²) in [6.07, 6.45) is 1.39. The van der Waals surface area contributed by atoms with E-state index in [0.29, 0.717) is 5.75 Å². The van der Waals surface area contributed by atoms with Crippen molar-refractivity contribution in [3.63, 3.8) is 0 Å². The van der Waals surface area contributed by atoms with Crippen molar-refractivity contribution in [1.29, 1.82) is 0 Å². The lowest BCUT2D eigenvalue weighted by molar-refractivity contribution is -0.421. The second kappa shape index (κ2) is 10.3. The summed E-state index contributed by atoms with van der Waals surface area (Å²) in [6.45, 7) is 1.91. The normalized spacial score (nSPS) is 14.7. The van der Waals surface area contributed by atoms with Gasteiger partial charge in [-0.3, -0.25) is 9.59 Å². The molecule has 9 heteroatoms. The Hall–Kier alpha value is -1.45. The minimum Gasteiger partial charge on any atom is -0.481 e. The molecule has 0 rings (SSSR count). The molecular weight excluding hydrogens is 320 g/mol. The smallest absolute Gasteiger partial charge is 0.405 e. The van der Waals surface area contributed by atoms with Gasteiger partial charge in [-0.15, -0.1) is 0 Å². The number of likely N-dealkylation sites (N-methyl/N-ethyl adjacent to an activating group) is 2. The summed E-state index contributed by atoms with van der Waals surface area (Å²) < 4.78 is 1.09. The number of nitrogens with zero attached hydrogens (tertiary/aromatic N) is 2. The third-order valence-corrected chi connectivity index (χ3v) is 4.39. The fraction of sp³-hybridized carbons (Fsp3) is 0.714. The van der Waals surface area contributed by atoms with Crippen LogP contribution in [-0.2, 0) is 14.4 Å². The van der Waals surface area contributed by atoms with Gasteiger partial charge in [0.1, 0.15) is 19.5 Å². The molecule has 8 nitrogen and oxygen atoms in total. The van der Waals surface area contributed by atoms with E-state index in [1.165, 1.54) is 11.9 Å². The number of thioether (sulfide) groups is 1. The predicted octanol–water partition coefficient (Wildman–Crippen LogP) is -1.17. The molecule has 0 saturated carbocycles. The number of rotatable bonds is 9. The highest BCUT2D eigenvalue weighted by atomic mass is 32.2. The lowest BCUT2D eigenvalue weighted by atomic mass is 10.2. The van der Waals surface area contributed by atoms with E-state index in [9.17, 15) is 14.4 Å². The van der Waals surface area contributed by atoms with Crippen LogP contribution in [0.25, 0.3) is 0 Å². The number of carboxylic acid groups (broad SMARTS) is 1. The predicted molar refractivity (Wildman–Crippen MR) is 91.0 cm³/mol. The van der Waals surface area contributed by atoms with Gasteiger partial charge in [0, 0.05) is 25.4 Å². The van der Waals surface area contributed by atoms with Crippen molar-refractivity contribution >= 4 is 35.3 Å². The van der Waals surface area contributed by atoms with Crippen molar-refractivity contribution in [3.8, 4) is 0 Å². The number of carbonyl (C=O) groups is 3. The molecule has 0 fully saturated rings. The molecule has 4 N–H and O–H groups in total. The van der Waals surface area contributed by atoms with Crippen molar-refractivity contribution in [1.82, 2.24) is 10.2 Å². The topological polar surface area (TPSA) is 116 Å². The highest BCUT2D eigenvalue weighted by Gasteiger charge is 2.34. The molecule has 0 bridgehead atoms. The Labute approximate surface area is 141 Å². The van der Waals surface area contributed by atoms with Gasteiger partial charge in [0.15, 0.2) is 0 Å². The van der Waals surface area contributed by atoms with E-state index in [0.717, 1.165) is 4.58 Å². The van der Waals surface area contributed by atoms with Crippen molar-refractivity contribution in [2.24, 2.45) is 5.73 Å². The summed E-state index contributed by atoms with van der Waals surface area (Å²) in [5.41, 5.74) is 5.44. The molecule has 0 spiro atoms. The first kappa shape index (κ1) is 21.6. The number of aliphatic carboxylic acids is 1. The SMILES string of the molecule is CN[C@@H](CN)C(=O)[N+](C)=C(CC(=O)O)C(=O)N(C)[C@H](C)CSC. The molecule has 0 saturated heterocycles. The summed E-state index contributed by atoms with van der Waals surface area (Å²) >= 11 is 1.58. The van der Waals surface area contributed by atoms with E-state index >= 15 is 0 Å². The largest absolute Gasteiger partial charge is 0.481 e. The third kappa shape index (κ3) is 6.28. The number of carboxylic acids is 1. The standard InChI is InChI=1S/C14H26N4O4S/c1-9(8-23-5)17(3)14(22)11(6-12(19)20)18(4)13(21)10(7-15)16-2/h9-10,16H,6-8,15H2,1-5H3/p+1/t9-,10+/m1/s1. The first-order chi connectivity index (χ1) is 10.7. The average molecular weight is 347 g/mol. The van der Waals surface area contributed by atoms with Gasteiger partial charge in [-0.1, -0.05) is 0 Å². The number of hydrogen-bond acceptors (Lipinski definition) is 6. The fourth-order valence-electron chi connectivity index (χ4n) is 1.95. The summed E-state index contributed by atoms with van der Waals surface area (Å²) in [4.78, 5) is 37.5. The molecule has 0 aliphatic rings. The molecule has 0 heterocycles. The number of hydrogen-bond donors (Lipinski definition) is 3. The molecule has 0 radical (unpaired) electrons. The second-order valence-electron chi connectivity index (χ2n) is 5.21. The van der Waals surface area contributed by atoms with Gasteiger partial charge < -0.3 is 21.1 Å². The number of nitrogens with two attached hydrogens (primary N) is 1. The maximum atomic E-state index is 12.6. The first-order valence-electron chi connectivity index (χ1n) is 7.19. The molecule has 0 aromatic rings. The molecule has 0 unspecified atom stereocenters. The molecule has 0 aromatic heterocycles. The Morgan fingerprint density at radius 2 is 1.96 bits per heavy atom. The molecule has 2 amide bonds. The van der Waals surface area contributed by atoms with Crippen molar-refractivity contribution in [3.05, 3.63) is 0 Å². The van der Waals surface area contributed by atoms with Gasteiger partial charge >= 0.3 is 17.8 Å². The Kier molecular flexibility index (Phi) is 9.70. The van der Waals surface area contributed by atoms with Crippen LogP contribution in [0, 0.1) is 0 Å². The monoisotopic (exact) mass is 347 g/mol. The summed E-state index contributed by atoms with van der Waals surface area (Å²) in [5.74, 6) is -1.38. The molecular formula is C14H27N4O4S+. The average Bonchev–Trinajstić information content (AvgIpc) is 2.51. The summed E-state index contributed by atoms with van der Waals surface area (Å²) in [7, 11) is 4.57. The van der Waals surface area contributed by atoms with Gasteiger partial charge in [0.25, 0.3) is 5.71 Å². The summed E-state index contributed by atoms with van der Waals surface area (Å²) in [6, 6.07) is -0.759. The zero-order valence-corrected chi connectivity index (χ0v) is 15.1. The highest BCUT2D eigenvalue weighted by Crippen LogP contribution is 2.06. The van der Waals surface area contributed by atoms with Gasteiger partial charge in [0.2, 0.25) is 0 Å². The Morgan fingerprint density at radius 1 is 1.39 bits per heavy atom. The fourth-order valence-corrected chi connectivity index (χ4v) is 2.65. The van der Waals surface area contributed by atoms with Crippen molar-refractivity contribution < 1.29 is 24.1 Å². The Bertz CT molecular complexity index is 477. The first-order valence-corrected chi connectivity index (χ1v) is 8.59. The molecule has 132 valence electrons. The Balaban J connectivity index is 5.65. The van der Waals surface area contributed by atoms with E-state index in [1.54, 1.807) is 25.9 Å². The number of carbonyl (C=O) groups excluding carboxylic acids is 2. The van der Waals surface area contributed by atoms with E-state index in [1.807, 2.05) is 13.2 Å². The molecule has 23 heavy (non-hydrogen) atoms. The van der Waals surface area contributed by atoms with E-state index in [4.69, 9.17) is 10.8 Å². The third-order valence-electron chi connectivity index (χ3n) is 3.57. The van der Waals surface area contributed by atoms with Crippen molar-refractivity contribution in [2.75, 3.05) is 39.7 Å². The Morgan fingerprint density at radius 3 is 2.35 bits per heavy atom. The zero-order valence-electron chi connectivity index (χ0n) is 14.3. The lowest BCUT2D eigenvalue weighted by Crippen LogP contribution is -2.50. The summed E-state index contributed by atoms with van der Waals surface area (Å²) in [5, 5.41) is 11.8. The number of amides is 2. The molecule has 0 aromatic carbocycles. The van der Waals surface area contributed by atoms with Gasteiger partial charge in [-0.05, 0) is 20.2 Å². The van der Waals surface area contributed by atoms with Crippen LogP contribution in [0.15, 0.2) is 0 Å². The highest BCUT2D eigenvalue weighted by molar-refractivity contribution is 7.98. The zero-order chi connectivity index (χ0) is 18.2. The van der Waals surface area contributed by atoms with Crippen LogP contribution in [0.5, 0.6) is 0 Å². The van der Waals surface area contributed by atoms with Crippen LogP contribution in [0.2, 0.25) is 0 Å². The van der Waals surface area contributed by atoms with Crippen molar-refractivity contribution in [2.45, 2.75) is 25.4 Å². The second-order valence-corrected chi connectivity index (χ2v) is 6.12. The van der Waals surface area contributed by atoms with Gasteiger partial charge in [0.05, 0.1) is 0 Å². The van der Waals surface area contributed by atoms with Gasteiger partial charge in [-0.25, -0.2) is 4.79 Å². The quantitative estimate of drug-likeness (QED) is 0.355. The maximum absolute atomic E-state index is 12.6. The van der Waals surface area contributed by atoms with Crippen LogP contribution in [0.3, 0.4) is 0 Å². The van der Waals surface area contributed by atoms with E-state index in [-0.39, 0.29) is 18.3 Å². The van der Waals surface area contributed by atoms with Crippen LogP contribution >= 0.6 is 11.8 Å². The van der Waals surface area contributed by atoms with E-state index in [2.05, 4.69) is 5.32 Å². The maximum Gasteiger partial charge on any atom is 0.405 e. The van der Waals surface area contributed by atoms with Crippen LogP contribution < -0.4 is 11.1 Å². The number of nitrogens with one attached hydrogen (secondary N) is 1. The minimum absolute atomic E-state index is 0.0485. The lowest BCUT2D eigenvalue weighted by Gasteiger charge is -2.23.